The van der Waals surface area contributed by atoms with E-state index in [-0.39, 0.29) is 17.8 Å². The molecule has 0 saturated carbocycles. The minimum absolute atomic E-state index is 0.218. The van der Waals surface area contributed by atoms with Gasteiger partial charge in [0.15, 0.2) is 11.5 Å². The number of halogens is 1. The number of hydrogen-bond acceptors (Lipinski definition) is 5. The summed E-state index contributed by atoms with van der Waals surface area (Å²) in [6, 6.07) is 12.5. The van der Waals surface area contributed by atoms with Gasteiger partial charge in [-0.3, -0.25) is 9.59 Å². The number of esters is 1. The predicted octanol–water partition coefficient (Wildman–Crippen LogP) is 4.20. The number of amides is 1. The fraction of sp³-hybridized carbons (Fsp3) is 0.318. The zero-order valence-corrected chi connectivity index (χ0v) is 17.3. The van der Waals surface area contributed by atoms with E-state index in [2.05, 4.69) is 5.10 Å². The first-order valence-corrected chi connectivity index (χ1v) is 10.3. The van der Waals surface area contributed by atoms with E-state index in [0.717, 1.165) is 18.5 Å². The first kappa shape index (κ1) is 20.2. The van der Waals surface area contributed by atoms with Crippen LogP contribution in [0.25, 0.3) is 17.1 Å². The van der Waals surface area contributed by atoms with Crippen LogP contribution in [0.5, 0.6) is 0 Å². The van der Waals surface area contributed by atoms with E-state index in [4.69, 9.17) is 20.8 Å². The van der Waals surface area contributed by atoms with Crippen molar-refractivity contribution in [2.75, 3.05) is 19.7 Å². The molecule has 8 heteroatoms. The largest absolute Gasteiger partial charge is 0.466 e. The topological polar surface area (TPSA) is 77.6 Å². The van der Waals surface area contributed by atoms with Crippen molar-refractivity contribution in [3.8, 4) is 17.1 Å². The quantitative estimate of drug-likeness (QED) is 0.570. The molecule has 30 heavy (non-hydrogen) atoms. The van der Waals surface area contributed by atoms with Gasteiger partial charge in [0.2, 0.25) is 0 Å². The van der Waals surface area contributed by atoms with Crippen molar-refractivity contribution in [1.29, 1.82) is 0 Å². The van der Waals surface area contributed by atoms with Crippen LogP contribution < -0.4 is 0 Å². The maximum atomic E-state index is 13.2. The van der Waals surface area contributed by atoms with Crippen LogP contribution in [0.4, 0.5) is 0 Å². The van der Waals surface area contributed by atoms with Crippen molar-refractivity contribution in [3.63, 3.8) is 0 Å². The van der Waals surface area contributed by atoms with Gasteiger partial charge in [0.05, 0.1) is 24.5 Å². The van der Waals surface area contributed by atoms with Gasteiger partial charge in [-0.2, -0.15) is 5.10 Å². The number of carbonyl (C=O) groups is 2. The molecule has 3 aromatic rings. The van der Waals surface area contributed by atoms with Crippen molar-refractivity contribution >= 4 is 23.5 Å². The SMILES string of the molecule is CCOC(=O)C1CCCN(C(=O)c2cc(-c3ccco3)n(-c3ccc(Cl)cc3)n2)C1. The average molecular weight is 428 g/mol. The van der Waals surface area contributed by atoms with Gasteiger partial charge >= 0.3 is 5.97 Å². The molecule has 156 valence electrons. The smallest absolute Gasteiger partial charge is 0.310 e. The summed E-state index contributed by atoms with van der Waals surface area (Å²) in [4.78, 5) is 27.0. The van der Waals surface area contributed by atoms with E-state index in [1.807, 2.05) is 18.2 Å². The Balaban J connectivity index is 1.64. The minimum atomic E-state index is -0.300. The monoisotopic (exact) mass is 427 g/mol. The number of carbonyl (C=O) groups excluding carboxylic acids is 2. The molecule has 1 aromatic carbocycles. The number of rotatable bonds is 5. The Labute approximate surface area is 179 Å². The molecule has 0 spiro atoms. The number of aromatic nitrogens is 2. The zero-order valence-electron chi connectivity index (χ0n) is 16.6. The maximum absolute atomic E-state index is 13.2. The van der Waals surface area contributed by atoms with Crippen LogP contribution >= 0.6 is 11.6 Å². The van der Waals surface area contributed by atoms with Crippen molar-refractivity contribution in [2.45, 2.75) is 19.8 Å². The molecule has 2 aromatic heterocycles. The highest BCUT2D eigenvalue weighted by Crippen LogP contribution is 2.27. The molecule has 1 atom stereocenters. The number of likely N-dealkylation sites (tertiary alicyclic amines) is 1. The number of nitrogens with zero attached hydrogens (tertiary/aromatic N) is 3. The van der Waals surface area contributed by atoms with Gasteiger partial charge in [-0.05, 0) is 56.2 Å². The molecule has 1 saturated heterocycles. The van der Waals surface area contributed by atoms with E-state index < -0.39 is 0 Å². The molecule has 1 unspecified atom stereocenters. The van der Waals surface area contributed by atoms with Crippen LogP contribution in [0, 0.1) is 5.92 Å². The van der Waals surface area contributed by atoms with E-state index in [9.17, 15) is 9.59 Å². The Morgan fingerprint density at radius 2 is 2.07 bits per heavy atom. The maximum Gasteiger partial charge on any atom is 0.310 e. The summed E-state index contributed by atoms with van der Waals surface area (Å²) in [5.74, 6) is -0.174. The van der Waals surface area contributed by atoms with Crippen LogP contribution in [0.15, 0.2) is 53.1 Å². The Kier molecular flexibility index (Phi) is 5.90. The van der Waals surface area contributed by atoms with Gasteiger partial charge in [0.1, 0.15) is 5.69 Å². The Hall–Kier alpha value is -3.06. The second kappa shape index (κ2) is 8.75. The summed E-state index contributed by atoms with van der Waals surface area (Å²) in [7, 11) is 0. The average Bonchev–Trinajstić information content (AvgIpc) is 3.44. The second-order valence-corrected chi connectivity index (χ2v) is 7.56. The lowest BCUT2D eigenvalue weighted by Gasteiger charge is -2.31. The molecule has 1 fully saturated rings. The molecule has 0 radical (unpaired) electrons. The highest BCUT2D eigenvalue weighted by Gasteiger charge is 2.31. The molecule has 1 amide bonds. The lowest BCUT2D eigenvalue weighted by atomic mass is 9.98. The van der Waals surface area contributed by atoms with Crippen molar-refractivity contribution in [2.24, 2.45) is 5.92 Å². The number of benzene rings is 1. The van der Waals surface area contributed by atoms with Gasteiger partial charge in [0, 0.05) is 24.2 Å². The van der Waals surface area contributed by atoms with Gasteiger partial charge in [0.25, 0.3) is 5.91 Å². The predicted molar refractivity (Wildman–Crippen MR) is 112 cm³/mol. The molecular weight excluding hydrogens is 406 g/mol. The summed E-state index contributed by atoms with van der Waals surface area (Å²) >= 11 is 6.01. The molecule has 0 aliphatic carbocycles. The van der Waals surface area contributed by atoms with Gasteiger partial charge in [-0.25, -0.2) is 4.68 Å². The zero-order chi connectivity index (χ0) is 21.1. The van der Waals surface area contributed by atoms with E-state index in [1.54, 1.807) is 47.0 Å². The van der Waals surface area contributed by atoms with Gasteiger partial charge in [-0.15, -0.1) is 0 Å². The molecule has 7 nitrogen and oxygen atoms in total. The number of ether oxygens (including phenoxy) is 1. The van der Waals surface area contributed by atoms with Crippen molar-refractivity contribution in [1.82, 2.24) is 14.7 Å². The fourth-order valence-corrected chi connectivity index (χ4v) is 3.77. The van der Waals surface area contributed by atoms with E-state index in [0.29, 0.717) is 41.9 Å². The summed E-state index contributed by atoms with van der Waals surface area (Å²) in [5.41, 5.74) is 1.71. The van der Waals surface area contributed by atoms with Crippen LogP contribution in [-0.4, -0.2) is 46.3 Å². The number of piperidine rings is 1. The molecule has 0 N–H and O–H groups in total. The first-order chi connectivity index (χ1) is 14.6. The molecule has 1 aliphatic heterocycles. The van der Waals surface area contributed by atoms with Crippen LogP contribution in [0.1, 0.15) is 30.3 Å². The van der Waals surface area contributed by atoms with Crippen molar-refractivity contribution < 1.29 is 18.7 Å². The second-order valence-electron chi connectivity index (χ2n) is 7.12. The summed E-state index contributed by atoms with van der Waals surface area (Å²) in [6.45, 7) is 3.03. The van der Waals surface area contributed by atoms with Crippen LogP contribution in [-0.2, 0) is 9.53 Å². The summed E-state index contributed by atoms with van der Waals surface area (Å²) in [6.07, 6.45) is 3.04. The van der Waals surface area contributed by atoms with Crippen molar-refractivity contribution in [3.05, 3.63) is 59.4 Å². The molecule has 0 bridgehead atoms. The van der Waals surface area contributed by atoms with E-state index in [1.165, 1.54) is 0 Å². The third-order valence-electron chi connectivity index (χ3n) is 5.10. The number of furan rings is 1. The third-order valence-corrected chi connectivity index (χ3v) is 5.35. The first-order valence-electron chi connectivity index (χ1n) is 9.92. The molecular formula is C22H22ClN3O4. The summed E-state index contributed by atoms with van der Waals surface area (Å²) < 4.78 is 12.3. The molecule has 4 rings (SSSR count). The Bertz CT molecular complexity index is 1030. The van der Waals surface area contributed by atoms with E-state index >= 15 is 0 Å². The standard InChI is InChI=1S/C22H22ClN3O4/c1-2-29-22(28)15-5-3-11-25(14-15)21(27)18-13-19(20-6-4-12-30-20)26(24-18)17-9-7-16(23)8-10-17/h4,6-10,12-13,15H,2-3,5,11,14H2,1H3. The highest BCUT2D eigenvalue weighted by molar-refractivity contribution is 6.30. The minimum Gasteiger partial charge on any atom is -0.466 e. The van der Waals surface area contributed by atoms with Crippen LogP contribution in [0.3, 0.4) is 0 Å². The highest BCUT2D eigenvalue weighted by atomic mass is 35.5. The Morgan fingerprint density at radius 3 is 2.77 bits per heavy atom. The molecule has 3 heterocycles. The van der Waals surface area contributed by atoms with Crippen LogP contribution in [0.2, 0.25) is 5.02 Å². The summed E-state index contributed by atoms with van der Waals surface area (Å²) in [5, 5.41) is 5.16. The normalized spacial score (nSPS) is 16.5. The Morgan fingerprint density at radius 1 is 1.27 bits per heavy atom. The third kappa shape index (κ3) is 4.11. The molecule has 1 aliphatic rings. The fourth-order valence-electron chi connectivity index (χ4n) is 3.64. The lowest BCUT2D eigenvalue weighted by Crippen LogP contribution is -2.43. The van der Waals surface area contributed by atoms with Gasteiger partial charge < -0.3 is 14.1 Å². The number of hydrogen-bond donors (Lipinski definition) is 0. The van der Waals surface area contributed by atoms with Gasteiger partial charge in [-0.1, -0.05) is 11.6 Å². The lowest BCUT2D eigenvalue weighted by molar-refractivity contribution is -0.149.